The number of fused-ring (bicyclic) bond motifs is 1. The molecule has 2 unspecified atom stereocenters. The second kappa shape index (κ2) is 5.35. The molecule has 1 aliphatic heterocycles. The number of rotatable bonds is 4. The fourth-order valence-electron chi connectivity index (χ4n) is 2.97. The Bertz CT molecular complexity index is 561. The zero-order valence-corrected chi connectivity index (χ0v) is 11.5. The Morgan fingerprint density at radius 1 is 1.32 bits per heavy atom. The minimum atomic E-state index is 0.370. The molecule has 2 atom stereocenters. The van der Waals surface area contributed by atoms with E-state index in [4.69, 9.17) is 10.5 Å². The van der Waals surface area contributed by atoms with Gasteiger partial charge in [-0.05, 0) is 61.9 Å². The van der Waals surface area contributed by atoms with Gasteiger partial charge in [0.25, 0.3) is 0 Å². The molecule has 2 aromatic rings. The third-order valence-electron chi connectivity index (χ3n) is 3.99. The van der Waals surface area contributed by atoms with Crippen molar-refractivity contribution in [2.24, 2.45) is 5.73 Å². The molecule has 1 fully saturated rings. The summed E-state index contributed by atoms with van der Waals surface area (Å²) in [6, 6.07) is 8.83. The van der Waals surface area contributed by atoms with E-state index in [1.54, 1.807) is 0 Å². The van der Waals surface area contributed by atoms with Gasteiger partial charge in [-0.1, -0.05) is 6.07 Å². The van der Waals surface area contributed by atoms with E-state index < -0.39 is 0 Å². The zero-order valence-electron chi connectivity index (χ0n) is 11.5. The van der Waals surface area contributed by atoms with E-state index in [2.05, 4.69) is 42.0 Å². The van der Waals surface area contributed by atoms with Crippen molar-refractivity contribution in [3.63, 3.8) is 0 Å². The molecule has 0 aliphatic carbocycles. The molecular weight excluding hydrogens is 236 g/mol. The second-order valence-electron chi connectivity index (χ2n) is 5.55. The summed E-state index contributed by atoms with van der Waals surface area (Å²) in [4.78, 5) is 0. The molecule has 0 radical (unpaired) electrons. The molecule has 0 amide bonds. The van der Waals surface area contributed by atoms with Crippen LogP contribution in [0.2, 0.25) is 0 Å². The number of nitrogens with zero attached hydrogens (tertiary/aromatic N) is 1. The van der Waals surface area contributed by atoms with Gasteiger partial charge in [-0.15, -0.1) is 0 Å². The van der Waals surface area contributed by atoms with Crippen LogP contribution < -0.4 is 5.73 Å². The first-order valence-corrected chi connectivity index (χ1v) is 7.19. The standard InChI is InChI=1S/C16H22N2O/c1-12-2-4-15(19-12)11-18-9-7-14-10-13(6-8-17)3-5-16(14)18/h3,5,7,9-10,12,15H,2,4,6,8,11,17H2,1H3. The van der Waals surface area contributed by atoms with E-state index in [0.29, 0.717) is 18.8 Å². The highest BCUT2D eigenvalue weighted by atomic mass is 16.5. The summed E-state index contributed by atoms with van der Waals surface area (Å²) in [7, 11) is 0. The fourth-order valence-corrected chi connectivity index (χ4v) is 2.97. The Morgan fingerprint density at radius 3 is 2.95 bits per heavy atom. The molecule has 0 spiro atoms. The number of aromatic nitrogens is 1. The van der Waals surface area contributed by atoms with E-state index in [-0.39, 0.29) is 0 Å². The highest BCUT2D eigenvalue weighted by Crippen LogP contribution is 2.23. The summed E-state index contributed by atoms with van der Waals surface area (Å²) in [6.45, 7) is 3.83. The lowest BCUT2D eigenvalue weighted by Gasteiger charge is -2.13. The van der Waals surface area contributed by atoms with Crippen LogP contribution >= 0.6 is 0 Å². The highest BCUT2D eigenvalue weighted by Gasteiger charge is 2.22. The molecule has 1 aromatic carbocycles. The van der Waals surface area contributed by atoms with E-state index >= 15 is 0 Å². The van der Waals surface area contributed by atoms with Crippen LogP contribution in [0.4, 0.5) is 0 Å². The monoisotopic (exact) mass is 258 g/mol. The summed E-state index contributed by atoms with van der Waals surface area (Å²) >= 11 is 0. The van der Waals surface area contributed by atoms with Gasteiger partial charge in [0.05, 0.1) is 12.2 Å². The van der Waals surface area contributed by atoms with Crippen molar-refractivity contribution in [2.45, 2.75) is 44.9 Å². The Balaban J connectivity index is 1.80. The Labute approximate surface area is 114 Å². The van der Waals surface area contributed by atoms with Crippen molar-refractivity contribution in [3.8, 4) is 0 Å². The van der Waals surface area contributed by atoms with Gasteiger partial charge in [-0.25, -0.2) is 0 Å². The number of ether oxygens (including phenoxy) is 1. The third-order valence-corrected chi connectivity index (χ3v) is 3.99. The van der Waals surface area contributed by atoms with Gasteiger partial charge in [-0.2, -0.15) is 0 Å². The molecule has 1 saturated heterocycles. The lowest BCUT2D eigenvalue weighted by atomic mass is 10.1. The normalized spacial score (nSPS) is 23.3. The average Bonchev–Trinajstić information content (AvgIpc) is 2.97. The van der Waals surface area contributed by atoms with Gasteiger partial charge in [-0.3, -0.25) is 0 Å². The number of hydrogen-bond donors (Lipinski definition) is 1. The third kappa shape index (κ3) is 2.67. The predicted octanol–water partition coefficient (Wildman–Crippen LogP) is 2.71. The minimum absolute atomic E-state index is 0.370. The van der Waals surface area contributed by atoms with Crippen molar-refractivity contribution in [3.05, 3.63) is 36.0 Å². The molecule has 3 heteroatoms. The smallest absolute Gasteiger partial charge is 0.0758 e. The van der Waals surface area contributed by atoms with Gasteiger partial charge in [0.15, 0.2) is 0 Å². The van der Waals surface area contributed by atoms with Crippen LogP contribution in [0.3, 0.4) is 0 Å². The topological polar surface area (TPSA) is 40.2 Å². The average molecular weight is 258 g/mol. The van der Waals surface area contributed by atoms with E-state index in [0.717, 1.165) is 13.0 Å². The number of benzene rings is 1. The predicted molar refractivity (Wildman–Crippen MR) is 78.3 cm³/mol. The van der Waals surface area contributed by atoms with Crippen LogP contribution in [0.15, 0.2) is 30.5 Å². The second-order valence-corrected chi connectivity index (χ2v) is 5.55. The largest absolute Gasteiger partial charge is 0.373 e. The summed E-state index contributed by atoms with van der Waals surface area (Å²) in [5.74, 6) is 0. The minimum Gasteiger partial charge on any atom is -0.373 e. The van der Waals surface area contributed by atoms with Crippen LogP contribution in [0.1, 0.15) is 25.3 Å². The van der Waals surface area contributed by atoms with Crippen molar-refractivity contribution in [2.75, 3.05) is 6.54 Å². The van der Waals surface area contributed by atoms with Gasteiger partial charge in [0.1, 0.15) is 0 Å². The Morgan fingerprint density at radius 2 is 2.21 bits per heavy atom. The van der Waals surface area contributed by atoms with Gasteiger partial charge < -0.3 is 15.0 Å². The van der Waals surface area contributed by atoms with Crippen LogP contribution in [0, 0.1) is 0 Å². The summed E-state index contributed by atoms with van der Waals surface area (Å²) in [5, 5.41) is 1.30. The lowest BCUT2D eigenvalue weighted by molar-refractivity contribution is 0.0465. The van der Waals surface area contributed by atoms with E-state index in [1.807, 2.05) is 0 Å². The molecule has 102 valence electrons. The SMILES string of the molecule is CC1CCC(Cn2ccc3cc(CCN)ccc32)O1. The molecule has 19 heavy (non-hydrogen) atoms. The molecule has 1 aromatic heterocycles. The summed E-state index contributed by atoms with van der Waals surface area (Å²) in [6.07, 6.45) is 6.27. The maximum atomic E-state index is 5.91. The molecule has 2 N–H and O–H groups in total. The van der Waals surface area contributed by atoms with Crippen molar-refractivity contribution >= 4 is 10.9 Å². The summed E-state index contributed by atoms with van der Waals surface area (Å²) < 4.78 is 8.22. The Hall–Kier alpha value is -1.32. The van der Waals surface area contributed by atoms with Crippen molar-refractivity contribution in [1.29, 1.82) is 0 Å². The van der Waals surface area contributed by atoms with Crippen molar-refractivity contribution in [1.82, 2.24) is 4.57 Å². The molecule has 0 bridgehead atoms. The lowest BCUT2D eigenvalue weighted by Crippen LogP contribution is -2.15. The first-order valence-electron chi connectivity index (χ1n) is 7.19. The van der Waals surface area contributed by atoms with Crippen LogP contribution in [-0.2, 0) is 17.7 Å². The highest BCUT2D eigenvalue weighted by molar-refractivity contribution is 5.80. The molecule has 3 nitrogen and oxygen atoms in total. The Kier molecular flexibility index (Phi) is 3.58. The maximum absolute atomic E-state index is 5.91. The zero-order chi connectivity index (χ0) is 13.2. The van der Waals surface area contributed by atoms with Gasteiger partial charge in [0.2, 0.25) is 0 Å². The van der Waals surface area contributed by atoms with Crippen LogP contribution in [0.25, 0.3) is 10.9 Å². The fraction of sp³-hybridized carbons (Fsp3) is 0.500. The van der Waals surface area contributed by atoms with Gasteiger partial charge >= 0.3 is 0 Å². The van der Waals surface area contributed by atoms with Crippen LogP contribution in [0.5, 0.6) is 0 Å². The number of hydrogen-bond acceptors (Lipinski definition) is 2. The molecule has 3 rings (SSSR count). The first-order chi connectivity index (χ1) is 9.26. The van der Waals surface area contributed by atoms with Gasteiger partial charge in [0, 0.05) is 18.3 Å². The quantitative estimate of drug-likeness (QED) is 0.916. The molecule has 2 heterocycles. The van der Waals surface area contributed by atoms with E-state index in [1.165, 1.54) is 29.3 Å². The number of nitrogens with two attached hydrogens (primary N) is 1. The maximum Gasteiger partial charge on any atom is 0.0758 e. The summed E-state index contributed by atoms with van der Waals surface area (Å²) in [5.41, 5.74) is 8.22. The van der Waals surface area contributed by atoms with E-state index in [9.17, 15) is 0 Å². The molecule has 1 aliphatic rings. The van der Waals surface area contributed by atoms with Crippen LogP contribution in [-0.4, -0.2) is 23.3 Å². The molecule has 0 saturated carbocycles. The van der Waals surface area contributed by atoms with Crippen molar-refractivity contribution < 1.29 is 4.74 Å². The molecular formula is C16H22N2O. The first kappa shape index (κ1) is 12.7.